The van der Waals surface area contributed by atoms with E-state index in [-0.39, 0.29) is 12.2 Å². The number of carboxylic acid groups (broad SMARTS) is 1. The van der Waals surface area contributed by atoms with Crippen molar-refractivity contribution < 1.29 is 23.4 Å². The molecule has 0 heterocycles. The number of halogens is 2. The number of ether oxygens (including phenoxy) is 1. The minimum atomic E-state index is -2.85. The van der Waals surface area contributed by atoms with E-state index in [0.29, 0.717) is 17.1 Å². The van der Waals surface area contributed by atoms with Crippen molar-refractivity contribution in [2.45, 2.75) is 18.8 Å². The number of carbonyl (C=O) groups is 1. The summed E-state index contributed by atoms with van der Waals surface area (Å²) in [4.78, 5) is 10.3. The maximum Gasteiger partial charge on any atom is 0.387 e. The maximum atomic E-state index is 12.1. The lowest BCUT2D eigenvalue weighted by molar-refractivity contribution is -0.136. The summed E-state index contributed by atoms with van der Waals surface area (Å²) >= 11 is 1.37. The van der Waals surface area contributed by atoms with E-state index in [0.717, 1.165) is 0 Å². The summed E-state index contributed by atoms with van der Waals surface area (Å²) < 4.78 is 28.5. The third-order valence-corrected chi connectivity index (χ3v) is 2.91. The second kappa shape index (κ2) is 7.11. The summed E-state index contributed by atoms with van der Waals surface area (Å²) in [5, 5.41) is 8.45. The molecule has 3 nitrogen and oxygen atoms in total. The highest BCUT2D eigenvalue weighted by molar-refractivity contribution is 7.98. The number of thioether (sulfide) groups is 1. The zero-order chi connectivity index (χ0) is 12.7. The van der Waals surface area contributed by atoms with Crippen LogP contribution < -0.4 is 4.74 Å². The van der Waals surface area contributed by atoms with E-state index in [9.17, 15) is 13.6 Å². The number of aliphatic carboxylic acids is 1. The molecule has 0 spiro atoms. The van der Waals surface area contributed by atoms with E-state index in [1.165, 1.54) is 17.8 Å². The van der Waals surface area contributed by atoms with E-state index in [1.807, 2.05) is 0 Å². The number of hydrogen-bond acceptors (Lipinski definition) is 3. The number of para-hydroxylation sites is 1. The van der Waals surface area contributed by atoms with Crippen LogP contribution in [0.2, 0.25) is 0 Å². The summed E-state index contributed by atoms with van der Waals surface area (Å²) in [6.45, 7) is -2.85. The highest BCUT2D eigenvalue weighted by Gasteiger charge is 2.09. The van der Waals surface area contributed by atoms with Gasteiger partial charge in [0.15, 0.2) is 0 Å². The summed E-state index contributed by atoms with van der Waals surface area (Å²) in [5.74, 6) is 0.175. The second-order valence-corrected chi connectivity index (χ2v) is 4.29. The first-order chi connectivity index (χ1) is 8.09. The molecule has 1 rings (SSSR count). The lowest BCUT2D eigenvalue weighted by Crippen LogP contribution is -2.04. The van der Waals surface area contributed by atoms with Crippen molar-refractivity contribution in [1.29, 1.82) is 0 Å². The SMILES string of the molecule is O=C(O)CCSCc1ccccc1OC(F)F. The molecular formula is C11H12F2O3S. The van der Waals surface area contributed by atoms with Crippen LogP contribution in [-0.4, -0.2) is 23.4 Å². The van der Waals surface area contributed by atoms with E-state index >= 15 is 0 Å². The quantitative estimate of drug-likeness (QED) is 0.767. The molecule has 1 aromatic carbocycles. The normalized spacial score (nSPS) is 10.5. The monoisotopic (exact) mass is 262 g/mol. The van der Waals surface area contributed by atoms with Crippen molar-refractivity contribution in [3.63, 3.8) is 0 Å². The summed E-state index contributed by atoms with van der Waals surface area (Å²) in [6.07, 6.45) is 0.0581. The minimum absolute atomic E-state index is 0.0581. The fraction of sp³-hybridized carbons (Fsp3) is 0.364. The molecule has 17 heavy (non-hydrogen) atoms. The summed E-state index contributed by atoms with van der Waals surface area (Å²) in [7, 11) is 0. The fourth-order valence-corrected chi connectivity index (χ4v) is 2.10. The van der Waals surface area contributed by atoms with Gasteiger partial charge in [-0.1, -0.05) is 18.2 Å². The van der Waals surface area contributed by atoms with Crippen LogP contribution in [0.25, 0.3) is 0 Å². The molecule has 94 valence electrons. The van der Waals surface area contributed by atoms with Gasteiger partial charge >= 0.3 is 12.6 Å². The Hall–Kier alpha value is -1.30. The number of alkyl halides is 2. The topological polar surface area (TPSA) is 46.5 Å². The van der Waals surface area contributed by atoms with Crippen LogP contribution >= 0.6 is 11.8 Å². The van der Waals surface area contributed by atoms with E-state index in [4.69, 9.17) is 5.11 Å². The van der Waals surface area contributed by atoms with Crippen molar-refractivity contribution in [2.24, 2.45) is 0 Å². The van der Waals surface area contributed by atoms with Gasteiger partial charge in [-0.2, -0.15) is 20.5 Å². The van der Waals surface area contributed by atoms with Gasteiger partial charge in [-0.05, 0) is 6.07 Å². The van der Waals surface area contributed by atoms with Gasteiger partial charge in [-0.15, -0.1) is 0 Å². The Morgan fingerprint density at radius 2 is 2.12 bits per heavy atom. The molecule has 0 aliphatic carbocycles. The zero-order valence-electron chi connectivity index (χ0n) is 8.94. The highest BCUT2D eigenvalue weighted by Crippen LogP contribution is 2.24. The summed E-state index contributed by atoms with van der Waals surface area (Å²) in [5.41, 5.74) is 0.642. The third kappa shape index (κ3) is 5.53. The molecule has 0 radical (unpaired) electrons. The molecule has 0 fully saturated rings. The Morgan fingerprint density at radius 3 is 2.76 bits per heavy atom. The molecule has 0 aromatic heterocycles. The molecule has 0 saturated heterocycles. The third-order valence-electron chi connectivity index (χ3n) is 1.91. The average molecular weight is 262 g/mol. The van der Waals surface area contributed by atoms with Crippen LogP contribution in [-0.2, 0) is 10.5 Å². The Balaban J connectivity index is 2.49. The Kier molecular flexibility index (Phi) is 5.76. The molecule has 0 aliphatic rings. The van der Waals surface area contributed by atoms with Crippen molar-refractivity contribution in [2.75, 3.05) is 5.75 Å². The van der Waals surface area contributed by atoms with E-state index < -0.39 is 12.6 Å². The Morgan fingerprint density at radius 1 is 1.41 bits per heavy atom. The fourth-order valence-electron chi connectivity index (χ4n) is 1.18. The molecular weight excluding hydrogens is 250 g/mol. The predicted octanol–water partition coefficient (Wildman–Crippen LogP) is 3.00. The maximum absolute atomic E-state index is 12.1. The van der Waals surface area contributed by atoms with Crippen LogP contribution in [0.15, 0.2) is 24.3 Å². The van der Waals surface area contributed by atoms with Gasteiger partial charge in [0.25, 0.3) is 0 Å². The molecule has 0 unspecified atom stereocenters. The zero-order valence-corrected chi connectivity index (χ0v) is 9.75. The Labute approximate surface area is 102 Å². The van der Waals surface area contributed by atoms with Crippen molar-refractivity contribution in [1.82, 2.24) is 0 Å². The molecule has 1 N–H and O–H groups in total. The minimum Gasteiger partial charge on any atom is -0.481 e. The molecule has 0 saturated carbocycles. The van der Waals surface area contributed by atoms with E-state index in [1.54, 1.807) is 18.2 Å². The molecule has 0 amide bonds. The van der Waals surface area contributed by atoms with Crippen LogP contribution in [0.4, 0.5) is 8.78 Å². The van der Waals surface area contributed by atoms with Crippen LogP contribution in [0.5, 0.6) is 5.75 Å². The molecule has 6 heteroatoms. The van der Waals surface area contributed by atoms with Gasteiger partial charge in [0.1, 0.15) is 5.75 Å². The highest BCUT2D eigenvalue weighted by atomic mass is 32.2. The lowest BCUT2D eigenvalue weighted by atomic mass is 10.2. The molecule has 0 atom stereocenters. The average Bonchev–Trinajstić information content (AvgIpc) is 2.25. The van der Waals surface area contributed by atoms with Crippen molar-refractivity contribution >= 4 is 17.7 Å². The smallest absolute Gasteiger partial charge is 0.387 e. The van der Waals surface area contributed by atoms with Crippen LogP contribution in [0.1, 0.15) is 12.0 Å². The van der Waals surface area contributed by atoms with Gasteiger partial charge in [0.05, 0.1) is 6.42 Å². The largest absolute Gasteiger partial charge is 0.481 e. The van der Waals surface area contributed by atoms with Crippen LogP contribution in [0.3, 0.4) is 0 Å². The van der Waals surface area contributed by atoms with Crippen LogP contribution in [0, 0.1) is 0 Å². The first-order valence-corrected chi connectivity index (χ1v) is 6.07. The lowest BCUT2D eigenvalue weighted by Gasteiger charge is -2.09. The first kappa shape index (κ1) is 13.8. The number of carboxylic acids is 1. The predicted molar refractivity (Wildman–Crippen MR) is 61.5 cm³/mol. The number of rotatable bonds is 7. The molecule has 0 bridgehead atoms. The van der Waals surface area contributed by atoms with Gasteiger partial charge in [0.2, 0.25) is 0 Å². The van der Waals surface area contributed by atoms with Crippen molar-refractivity contribution in [3.8, 4) is 5.75 Å². The second-order valence-electron chi connectivity index (χ2n) is 3.18. The molecule has 1 aromatic rings. The number of benzene rings is 1. The van der Waals surface area contributed by atoms with Crippen molar-refractivity contribution in [3.05, 3.63) is 29.8 Å². The van der Waals surface area contributed by atoms with Gasteiger partial charge in [-0.3, -0.25) is 4.79 Å². The van der Waals surface area contributed by atoms with Gasteiger partial charge in [-0.25, -0.2) is 0 Å². The summed E-state index contributed by atoms with van der Waals surface area (Å²) in [6, 6.07) is 6.50. The Bertz CT molecular complexity index is 371. The van der Waals surface area contributed by atoms with E-state index in [2.05, 4.69) is 4.74 Å². The number of hydrogen-bond donors (Lipinski definition) is 1. The first-order valence-electron chi connectivity index (χ1n) is 4.92. The van der Waals surface area contributed by atoms with Gasteiger partial charge in [0, 0.05) is 17.1 Å². The van der Waals surface area contributed by atoms with Gasteiger partial charge < -0.3 is 9.84 Å². The molecule has 0 aliphatic heterocycles. The standard InChI is InChI=1S/C11H12F2O3S/c12-11(13)16-9-4-2-1-3-8(9)7-17-6-5-10(14)15/h1-4,11H,5-7H2,(H,14,15).